The van der Waals surface area contributed by atoms with Gasteiger partial charge in [0.15, 0.2) is 0 Å². The van der Waals surface area contributed by atoms with Crippen molar-refractivity contribution in [2.24, 2.45) is 0 Å². The summed E-state index contributed by atoms with van der Waals surface area (Å²) in [5, 5.41) is 4.24. The molecule has 0 radical (unpaired) electrons. The normalized spacial score (nSPS) is 11.4. The molecule has 33 heavy (non-hydrogen) atoms. The Labute approximate surface area is 195 Å². The van der Waals surface area contributed by atoms with E-state index < -0.39 is 28.3 Å². The molecule has 4 rings (SSSR count). The smallest absolute Gasteiger partial charge is 0.265 e. The number of amides is 1. The Morgan fingerprint density at radius 2 is 1.85 bits per heavy atom. The minimum Gasteiger partial charge on any atom is -0.324 e. The Morgan fingerprint density at radius 1 is 1.09 bits per heavy atom. The summed E-state index contributed by atoms with van der Waals surface area (Å²) in [5.41, 5.74) is 1.43. The average molecular weight is 484 g/mol. The van der Waals surface area contributed by atoms with Gasteiger partial charge in [0.1, 0.15) is 12.4 Å². The van der Waals surface area contributed by atoms with Gasteiger partial charge in [-0.3, -0.25) is 14.1 Å². The molecule has 0 bridgehead atoms. The maximum absolute atomic E-state index is 13.7. The van der Waals surface area contributed by atoms with Crippen LogP contribution in [0.5, 0.6) is 0 Å². The Bertz CT molecular complexity index is 1440. The molecule has 0 aliphatic carbocycles. The monoisotopic (exact) mass is 483 g/mol. The number of nitrogens with one attached hydrogen (secondary N) is 1. The van der Waals surface area contributed by atoms with Gasteiger partial charge in [-0.15, -0.1) is 0 Å². The summed E-state index contributed by atoms with van der Waals surface area (Å²) in [5.74, 6) is -1.10. The number of rotatable bonds is 6. The topological polar surface area (TPSA) is 79.4 Å². The number of hydrogen-bond acceptors (Lipinski definition) is 4. The van der Waals surface area contributed by atoms with Gasteiger partial charge in [-0.05, 0) is 61.0 Å². The first kappa shape index (κ1) is 22.7. The van der Waals surface area contributed by atoms with Crippen molar-refractivity contribution in [2.75, 3.05) is 16.2 Å². The fourth-order valence-corrected chi connectivity index (χ4v) is 5.18. The van der Waals surface area contributed by atoms with Crippen molar-refractivity contribution in [3.05, 3.63) is 95.5 Å². The number of fused-ring (bicyclic) bond motifs is 1. The highest BCUT2D eigenvalue weighted by Gasteiger charge is 2.29. The molecule has 168 valence electrons. The molecule has 0 aliphatic heterocycles. The van der Waals surface area contributed by atoms with Gasteiger partial charge in [0.2, 0.25) is 5.91 Å². The Kier molecular flexibility index (Phi) is 6.31. The van der Waals surface area contributed by atoms with E-state index in [1.807, 2.05) is 6.92 Å². The van der Waals surface area contributed by atoms with E-state index in [2.05, 4.69) is 10.3 Å². The second kappa shape index (κ2) is 9.17. The van der Waals surface area contributed by atoms with E-state index in [0.29, 0.717) is 21.5 Å². The zero-order valence-corrected chi connectivity index (χ0v) is 19.1. The van der Waals surface area contributed by atoms with Gasteiger partial charge in [0.25, 0.3) is 10.0 Å². The molecule has 0 spiro atoms. The lowest BCUT2D eigenvalue weighted by atomic mass is 10.2. The zero-order chi connectivity index (χ0) is 23.6. The molecule has 1 aromatic heterocycles. The second-order valence-corrected chi connectivity index (χ2v) is 9.59. The summed E-state index contributed by atoms with van der Waals surface area (Å²) >= 11 is 6.12. The Balaban J connectivity index is 1.74. The molecule has 1 heterocycles. The number of nitrogens with zero attached hydrogens (tertiary/aromatic N) is 2. The van der Waals surface area contributed by atoms with Crippen LogP contribution in [-0.4, -0.2) is 25.9 Å². The van der Waals surface area contributed by atoms with E-state index in [1.54, 1.807) is 42.6 Å². The molecule has 1 N–H and O–H groups in total. The minimum atomic E-state index is -4.20. The molecular formula is C24H19ClFN3O3S. The van der Waals surface area contributed by atoms with E-state index in [-0.39, 0.29) is 10.6 Å². The highest BCUT2D eigenvalue weighted by atomic mass is 35.5. The van der Waals surface area contributed by atoms with E-state index in [4.69, 9.17) is 11.6 Å². The van der Waals surface area contributed by atoms with Crippen LogP contribution in [0.25, 0.3) is 10.8 Å². The van der Waals surface area contributed by atoms with Gasteiger partial charge in [-0.2, -0.15) is 0 Å². The summed E-state index contributed by atoms with van der Waals surface area (Å²) in [7, 11) is -4.20. The molecule has 0 aliphatic rings. The van der Waals surface area contributed by atoms with E-state index in [9.17, 15) is 17.6 Å². The summed E-state index contributed by atoms with van der Waals surface area (Å²) in [4.78, 5) is 16.9. The van der Waals surface area contributed by atoms with E-state index in [1.165, 1.54) is 24.4 Å². The van der Waals surface area contributed by atoms with Crippen molar-refractivity contribution in [3.63, 3.8) is 0 Å². The van der Waals surface area contributed by atoms with Crippen LogP contribution in [-0.2, 0) is 14.8 Å². The van der Waals surface area contributed by atoms with Crippen molar-refractivity contribution in [2.45, 2.75) is 11.8 Å². The molecule has 0 saturated heterocycles. The summed E-state index contributed by atoms with van der Waals surface area (Å²) in [6, 6.07) is 16.3. The molecule has 0 atom stereocenters. The lowest BCUT2D eigenvalue weighted by Gasteiger charge is -2.25. The van der Waals surface area contributed by atoms with Crippen molar-refractivity contribution < 1.29 is 17.6 Å². The summed E-state index contributed by atoms with van der Waals surface area (Å²) in [6.45, 7) is 1.30. The van der Waals surface area contributed by atoms with Crippen LogP contribution in [0.15, 0.2) is 84.0 Å². The minimum absolute atomic E-state index is 0.0119. The molecule has 3 aromatic carbocycles. The molecule has 1 amide bonds. The number of anilines is 2. The Hall–Kier alpha value is -3.49. The number of carbonyl (C=O) groups excluding carboxylic acids is 1. The highest BCUT2D eigenvalue weighted by molar-refractivity contribution is 7.93. The van der Waals surface area contributed by atoms with Gasteiger partial charge < -0.3 is 5.32 Å². The maximum Gasteiger partial charge on any atom is 0.265 e. The van der Waals surface area contributed by atoms with Gasteiger partial charge in [-0.25, -0.2) is 12.8 Å². The molecule has 6 nitrogen and oxygen atoms in total. The highest BCUT2D eigenvalue weighted by Crippen LogP contribution is 2.29. The van der Waals surface area contributed by atoms with Gasteiger partial charge in [0.05, 0.1) is 10.6 Å². The van der Waals surface area contributed by atoms with Gasteiger partial charge in [0, 0.05) is 33.9 Å². The fourth-order valence-electron chi connectivity index (χ4n) is 3.36. The number of carbonyl (C=O) groups is 1. The van der Waals surface area contributed by atoms with Crippen LogP contribution < -0.4 is 9.62 Å². The number of pyridine rings is 1. The lowest BCUT2D eigenvalue weighted by Crippen LogP contribution is -2.38. The van der Waals surface area contributed by atoms with Crippen LogP contribution in [0.1, 0.15) is 5.56 Å². The number of sulfonamides is 1. The van der Waals surface area contributed by atoms with E-state index >= 15 is 0 Å². The van der Waals surface area contributed by atoms with Crippen molar-refractivity contribution in [1.82, 2.24) is 4.98 Å². The number of aryl methyl sites for hydroxylation is 1. The van der Waals surface area contributed by atoms with Gasteiger partial charge >= 0.3 is 0 Å². The molecule has 0 unspecified atom stereocenters. The van der Waals surface area contributed by atoms with E-state index in [0.717, 1.165) is 22.0 Å². The average Bonchev–Trinajstić information content (AvgIpc) is 2.80. The van der Waals surface area contributed by atoms with Crippen LogP contribution in [0.4, 0.5) is 15.8 Å². The number of halogens is 2. The van der Waals surface area contributed by atoms with Crippen molar-refractivity contribution in [3.8, 4) is 0 Å². The molecule has 0 saturated carbocycles. The maximum atomic E-state index is 13.7. The first-order valence-corrected chi connectivity index (χ1v) is 11.7. The predicted octanol–water partition coefficient (Wildman–Crippen LogP) is 5.17. The Morgan fingerprint density at radius 3 is 2.58 bits per heavy atom. The first-order valence-electron chi connectivity index (χ1n) is 9.93. The molecular weight excluding hydrogens is 465 g/mol. The van der Waals surface area contributed by atoms with Crippen LogP contribution >= 0.6 is 11.6 Å². The zero-order valence-electron chi connectivity index (χ0n) is 17.5. The SMILES string of the molecule is Cc1ccc(NC(=O)CN(c2ccc(F)cc2)S(=O)(=O)c2cccc3cnccc23)cc1Cl. The van der Waals surface area contributed by atoms with Crippen LogP contribution in [0.2, 0.25) is 5.02 Å². The summed E-state index contributed by atoms with van der Waals surface area (Å²) in [6.07, 6.45) is 3.06. The summed E-state index contributed by atoms with van der Waals surface area (Å²) < 4.78 is 41.9. The third-order valence-corrected chi connectivity index (χ3v) is 7.31. The molecule has 9 heteroatoms. The van der Waals surface area contributed by atoms with Gasteiger partial charge in [-0.1, -0.05) is 29.8 Å². The number of aromatic nitrogens is 1. The number of hydrogen-bond donors (Lipinski definition) is 1. The standard InChI is InChI=1S/C24H19ClFN3O3S/c1-16-5-8-19(13-22(16)25)28-24(30)15-29(20-9-6-18(26)7-10-20)33(31,32)23-4-2-3-17-14-27-12-11-21(17)23/h2-14H,15H2,1H3,(H,28,30). The fraction of sp³-hybridized carbons (Fsp3) is 0.0833. The predicted molar refractivity (Wildman–Crippen MR) is 127 cm³/mol. The van der Waals surface area contributed by atoms with Crippen LogP contribution in [0, 0.1) is 12.7 Å². The quantitative estimate of drug-likeness (QED) is 0.410. The second-order valence-electron chi connectivity index (χ2n) is 7.35. The lowest BCUT2D eigenvalue weighted by molar-refractivity contribution is -0.114. The van der Waals surface area contributed by atoms with Crippen LogP contribution in [0.3, 0.4) is 0 Å². The molecule has 0 fully saturated rings. The molecule has 4 aromatic rings. The largest absolute Gasteiger partial charge is 0.324 e. The third kappa shape index (κ3) is 4.81. The third-order valence-electron chi connectivity index (χ3n) is 5.07. The van der Waals surface area contributed by atoms with Crippen molar-refractivity contribution >= 4 is 49.7 Å². The first-order chi connectivity index (χ1) is 15.8. The number of benzene rings is 3. The van der Waals surface area contributed by atoms with Crippen molar-refractivity contribution in [1.29, 1.82) is 0 Å².